The number of sulfone groups is 1. The summed E-state index contributed by atoms with van der Waals surface area (Å²) in [4.78, 5) is 29.6. The van der Waals surface area contributed by atoms with Gasteiger partial charge in [0.25, 0.3) is 0 Å². The molecule has 2 aliphatic rings. The quantitative estimate of drug-likeness (QED) is 0.395. The number of rotatable bonds is 8. The zero-order chi connectivity index (χ0) is 30.0. The number of hydrogen-bond donors (Lipinski definition) is 2. The molecule has 0 unspecified atom stereocenters. The predicted molar refractivity (Wildman–Crippen MR) is 161 cm³/mol. The summed E-state index contributed by atoms with van der Waals surface area (Å²) >= 11 is 0. The van der Waals surface area contributed by atoms with Gasteiger partial charge >= 0.3 is 0 Å². The third-order valence-corrected chi connectivity index (χ3v) is 8.22. The fourth-order valence-corrected chi connectivity index (χ4v) is 5.96. The van der Waals surface area contributed by atoms with Gasteiger partial charge in [-0.1, -0.05) is 0 Å². The molecule has 0 spiro atoms. The summed E-state index contributed by atoms with van der Waals surface area (Å²) in [5.41, 5.74) is 9.48. The van der Waals surface area contributed by atoms with Crippen molar-refractivity contribution in [3.05, 3.63) is 48.4 Å². The number of carbonyl (C=O) groups excluding carboxylic acids is 1. The van der Waals surface area contributed by atoms with E-state index in [-0.39, 0.29) is 29.7 Å². The Hall–Kier alpha value is -3.81. The smallest absolute Gasteiger partial charge is 0.223 e. The van der Waals surface area contributed by atoms with Crippen molar-refractivity contribution in [1.82, 2.24) is 15.0 Å². The molecular weight excluding hydrogens is 558 g/mol. The Kier molecular flexibility index (Phi) is 8.62. The Morgan fingerprint density at radius 2 is 1.83 bits per heavy atom. The molecule has 3 aromatic rings. The molecule has 42 heavy (non-hydrogen) atoms. The van der Waals surface area contributed by atoms with E-state index in [2.05, 4.69) is 38.9 Å². The number of carbonyl (C=O) groups is 1. The maximum atomic E-state index is 12.6. The van der Waals surface area contributed by atoms with Gasteiger partial charge in [-0.3, -0.25) is 14.8 Å². The summed E-state index contributed by atoms with van der Waals surface area (Å²) in [5, 5.41) is 3.24. The molecule has 0 radical (unpaired) electrons. The highest BCUT2D eigenvalue weighted by atomic mass is 32.2. The molecule has 2 aliphatic heterocycles. The molecule has 0 saturated carbocycles. The molecule has 2 saturated heterocycles. The van der Waals surface area contributed by atoms with Crippen LogP contribution in [0.2, 0.25) is 0 Å². The lowest BCUT2D eigenvalue weighted by atomic mass is 10.1. The number of nitrogens with two attached hydrogens (primary N) is 1. The summed E-state index contributed by atoms with van der Waals surface area (Å²) in [7, 11) is -3.61. The van der Waals surface area contributed by atoms with E-state index in [1.54, 1.807) is 18.3 Å². The third kappa shape index (κ3) is 6.97. The highest BCUT2D eigenvalue weighted by Gasteiger charge is 2.24. The summed E-state index contributed by atoms with van der Waals surface area (Å²) in [6.07, 6.45) is 4.77. The van der Waals surface area contributed by atoms with Gasteiger partial charge in [0.1, 0.15) is 5.82 Å². The molecular formula is C29H37N7O5S. The maximum Gasteiger partial charge on any atom is 0.223 e. The molecule has 3 atom stereocenters. The second-order valence-electron chi connectivity index (χ2n) is 11.0. The van der Waals surface area contributed by atoms with Crippen molar-refractivity contribution in [2.75, 3.05) is 54.2 Å². The van der Waals surface area contributed by atoms with Gasteiger partial charge in [0.15, 0.2) is 14.9 Å². The maximum absolute atomic E-state index is 12.6. The van der Waals surface area contributed by atoms with E-state index in [1.165, 1.54) is 0 Å². The molecule has 12 nitrogen and oxygen atoms in total. The third-order valence-electron chi connectivity index (χ3n) is 7.25. The first-order valence-electron chi connectivity index (χ1n) is 13.9. The molecule has 2 fully saturated rings. The average molecular weight is 596 g/mol. The van der Waals surface area contributed by atoms with Crippen LogP contribution in [-0.2, 0) is 30.5 Å². The lowest BCUT2D eigenvalue weighted by molar-refractivity contribution is -0.117. The van der Waals surface area contributed by atoms with Gasteiger partial charge in [-0.15, -0.1) is 0 Å². The number of amides is 1. The van der Waals surface area contributed by atoms with Gasteiger partial charge in [-0.25, -0.2) is 13.4 Å². The van der Waals surface area contributed by atoms with E-state index in [1.807, 2.05) is 31.3 Å². The van der Waals surface area contributed by atoms with Crippen molar-refractivity contribution in [2.24, 2.45) is 5.73 Å². The van der Waals surface area contributed by atoms with E-state index in [9.17, 15) is 13.2 Å². The van der Waals surface area contributed by atoms with E-state index in [0.717, 1.165) is 25.0 Å². The summed E-state index contributed by atoms with van der Waals surface area (Å²) in [5.74, 6) is -0.185. The second-order valence-corrected chi connectivity index (χ2v) is 13.0. The molecule has 0 aliphatic carbocycles. The lowest BCUT2D eigenvalue weighted by Crippen LogP contribution is -2.45. The lowest BCUT2D eigenvalue weighted by Gasteiger charge is -2.36. The fraction of sp³-hybridized carbons (Fsp3) is 0.448. The number of ether oxygens (including phenoxy) is 2. The molecule has 3 aromatic heterocycles. The van der Waals surface area contributed by atoms with Crippen LogP contribution < -0.4 is 20.9 Å². The van der Waals surface area contributed by atoms with Crippen LogP contribution in [0.3, 0.4) is 0 Å². The standard InChI is InChI=1S/C29H37N7O5S/c1-18-17-40-8-7-36(18)23-11-28(34-29(12-23)42(4,38)39)33-26-9-21(10-27(30)37)31-14-24(26)25-6-5-22(13-32-25)35-15-19(2)41-20(3)16-35/h5-6,9,11-14,18-20H,7-8,10,15-17H2,1-4H3,(H2,30,37)(H,31,33,34)/t18-,19-,20+/m0/s1. The van der Waals surface area contributed by atoms with Crippen molar-refractivity contribution in [1.29, 1.82) is 0 Å². The Morgan fingerprint density at radius 3 is 2.48 bits per heavy atom. The SMILES string of the molecule is C[C@@H]1CN(c2ccc(-c3cnc(CC(N)=O)cc3Nc3cc(N4CCOC[C@@H]4C)cc(S(C)(=O)=O)n3)nc2)C[C@H](C)O1. The van der Waals surface area contributed by atoms with E-state index in [0.29, 0.717) is 53.9 Å². The molecule has 0 aromatic carbocycles. The monoisotopic (exact) mass is 595 g/mol. The number of pyridine rings is 3. The van der Waals surface area contributed by atoms with Crippen molar-refractivity contribution < 1.29 is 22.7 Å². The number of nitrogens with zero attached hydrogens (tertiary/aromatic N) is 5. The van der Waals surface area contributed by atoms with Crippen LogP contribution in [-0.4, -0.2) is 86.6 Å². The Balaban J connectivity index is 1.52. The number of anilines is 4. The van der Waals surface area contributed by atoms with Crippen LogP contribution in [0.15, 0.2) is 47.8 Å². The van der Waals surface area contributed by atoms with Crippen molar-refractivity contribution >= 4 is 38.6 Å². The van der Waals surface area contributed by atoms with Crippen molar-refractivity contribution in [2.45, 2.75) is 50.5 Å². The van der Waals surface area contributed by atoms with Crippen LogP contribution >= 0.6 is 0 Å². The van der Waals surface area contributed by atoms with Crippen LogP contribution in [0.4, 0.5) is 22.9 Å². The molecule has 1 amide bonds. The van der Waals surface area contributed by atoms with E-state index in [4.69, 9.17) is 20.2 Å². The number of hydrogen-bond acceptors (Lipinski definition) is 11. The summed E-state index contributed by atoms with van der Waals surface area (Å²) < 4.78 is 36.6. The van der Waals surface area contributed by atoms with Gasteiger partial charge < -0.3 is 30.3 Å². The molecule has 13 heteroatoms. The second kappa shape index (κ2) is 12.2. The first kappa shape index (κ1) is 29.7. The zero-order valence-corrected chi connectivity index (χ0v) is 25.1. The van der Waals surface area contributed by atoms with Crippen LogP contribution in [0.25, 0.3) is 11.3 Å². The van der Waals surface area contributed by atoms with Crippen molar-refractivity contribution in [3.8, 4) is 11.3 Å². The zero-order valence-electron chi connectivity index (χ0n) is 24.3. The first-order valence-corrected chi connectivity index (χ1v) is 15.8. The Morgan fingerprint density at radius 1 is 1.07 bits per heavy atom. The van der Waals surface area contributed by atoms with Gasteiger partial charge in [0, 0.05) is 55.4 Å². The predicted octanol–water partition coefficient (Wildman–Crippen LogP) is 2.55. The van der Waals surface area contributed by atoms with Gasteiger partial charge in [-0.2, -0.15) is 0 Å². The average Bonchev–Trinajstić information content (AvgIpc) is 2.92. The van der Waals surface area contributed by atoms with Crippen LogP contribution in [0, 0.1) is 0 Å². The number of morpholine rings is 2. The largest absolute Gasteiger partial charge is 0.377 e. The molecule has 3 N–H and O–H groups in total. The van der Waals surface area contributed by atoms with Crippen LogP contribution in [0.5, 0.6) is 0 Å². The van der Waals surface area contributed by atoms with Gasteiger partial charge in [0.2, 0.25) is 5.91 Å². The molecule has 0 bridgehead atoms. The highest BCUT2D eigenvalue weighted by Crippen LogP contribution is 2.33. The number of nitrogens with one attached hydrogen (secondary N) is 1. The summed E-state index contributed by atoms with van der Waals surface area (Å²) in [6.45, 7) is 9.37. The van der Waals surface area contributed by atoms with E-state index < -0.39 is 15.7 Å². The van der Waals surface area contributed by atoms with Crippen molar-refractivity contribution in [3.63, 3.8) is 0 Å². The highest BCUT2D eigenvalue weighted by molar-refractivity contribution is 7.90. The normalized spacial score (nSPS) is 21.3. The van der Waals surface area contributed by atoms with E-state index >= 15 is 0 Å². The van der Waals surface area contributed by atoms with Gasteiger partial charge in [0.05, 0.1) is 60.8 Å². The van der Waals surface area contributed by atoms with Gasteiger partial charge in [-0.05, 0) is 45.0 Å². The number of primary amides is 1. The van der Waals surface area contributed by atoms with Crippen LogP contribution in [0.1, 0.15) is 26.5 Å². The summed E-state index contributed by atoms with van der Waals surface area (Å²) in [6, 6.07) is 9.09. The Bertz CT molecular complexity index is 1540. The molecule has 5 rings (SSSR count). The topological polar surface area (TPSA) is 153 Å². The minimum atomic E-state index is -3.61. The molecule has 224 valence electrons. The minimum absolute atomic E-state index is 0.0504. The fourth-order valence-electron chi connectivity index (χ4n) is 5.36. The minimum Gasteiger partial charge on any atom is -0.377 e. The number of aromatic nitrogens is 3. The molecule has 5 heterocycles. The first-order chi connectivity index (χ1) is 20.0. The Labute approximate surface area is 246 Å².